The molecule has 0 saturated carbocycles. The lowest BCUT2D eigenvalue weighted by atomic mass is 10.3. The molecule has 0 radical (unpaired) electrons. The molecule has 0 unspecified atom stereocenters. The van der Waals surface area contributed by atoms with Crippen LogP contribution in [0, 0.1) is 10.1 Å². The average molecular weight is 304 g/mol. The number of nitro benzene ring substituents is 1. The molecular weight excluding hydrogens is 288 g/mol. The van der Waals surface area contributed by atoms with E-state index in [-0.39, 0.29) is 18.0 Å². The Morgan fingerprint density at radius 2 is 2.05 bits per heavy atom. The number of hydrogen-bond acceptors (Lipinski definition) is 6. The number of non-ortho nitro benzene ring substituents is 1. The van der Waals surface area contributed by atoms with Crippen molar-refractivity contribution in [1.29, 1.82) is 0 Å². The van der Waals surface area contributed by atoms with Crippen LogP contribution in [0.2, 0.25) is 0 Å². The number of esters is 1. The fourth-order valence-electron chi connectivity index (χ4n) is 1.45. The Balaban J connectivity index is 2.90. The number of nitrogens with zero attached hydrogens (tertiary/aromatic N) is 2. The van der Waals surface area contributed by atoms with Gasteiger partial charge in [-0.05, 0) is 38.8 Å². The third-order valence-electron chi connectivity index (χ3n) is 2.50. The van der Waals surface area contributed by atoms with Gasteiger partial charge in [0.15, 0.2) is 5.70 Å². The predicted octanol–water partition coefficient (Wildman–Crippen LogP) is 3.03. The van der Waals surface area contributed by atoms with Gasteiger partial charge in [0, 0.05) is 18.2 Å². The molecule has 0 amide bonds. The second-order valence-corrected chi connectivity index (χ2v) is 3.95. The molecule has 1 rings (SSSR count). The van der Waals surface area contributed by atoms with Crippen LogP contribution in [0.1, 0.15) is 13.8 Å². The largest absolute Gasteiger partial charge is 0.461 e. The number of aliphatic imine (C=N–C) groups is 1. The number of ether oxygens (including phenoxy) is 2. The molecule has 0 spiro atoms. The van der Waals surface area contributed by atoms with Gasteiger partial charge in [-0.25, -0.2) is 4.79 Å². The summed E-state index contributed by atoms with van der Waals surface area (Å²) in [7, 11) is 0. The summed E-state index contributed by atoms with van der Waals surface area (Å²) in [5.74, 6) is 0.121. The summed E-state index contributed by atoms with van der Waals surface area (Å²) in [6.45, 7) is 6.93. The minimum atomic E-state index is -0.607. The number of benzene rings is 1. The highest BCUT2D eigenvalue weighted by atomic mass is 16.6. The lowest BCUT2D eigenvalue weighted by Gasteiger charge is -2.07. The Morgan fingerprint density at radius 3 is 2.50 bits per heavy atom. The lowest BCUT2D eigenvalue weighted by Crippen LogP contribution is -2.07. The van der Waals surface area contributed by atoms with Gasteiger partial charge in [-0.1, -0.05) is 0 Å². The summed E-state index contributed by atoms with van der Waals surface area (Å²) in [6.07, 6.45) is 3.00. The molecule has 0 fully saturated rings. The maximum Gasteiger partial charge on any atom is 0.357 e. The highest BCUT2D eigenvalue weighted by Crippen LogP contribution is 2.20. The zero-order valence-electron chi connectivity index (χ0n) is 12.3. The number of carbonyl (C=O) groups is 1. The van der Waals surface area contributed by atoms with E-state index in [0.29, 0.717) is 11.5 Å². The molecule has 22 heavy (non-hydrogen) atoms. The molecule has 0 heterocycles. The van der Waals surface area contributed by atoms with E-state index >= 15 is 0 Å². The van der Waals surface area contributed by atoms with E-state index in [1.54, 1.807) is 19.9 Å². The Hall–Kier alpha value is -2.96. The molecule has 0 aliphatic rings. The van der Waals surface area contributed by atoms with Crippen LogP contribution < -0.4 is 4.74 Å². The maximum absolute atomic E-state index is 11.6. The molecule has 0 N–H and O–H groups in total. The molecule has 0 aromatic heterocycles. The molecule has 0 aliphatic heterocycles. The summed E-state index contributed by atoms with van der Waals surface area (Å²) in [5.41, 5.74) is -0.0262. The van der Waals surface area contributed by atoms with Gasteiger partial charge < -0.3 is 9.47 Å². The zero-order chi connectivity index (χ0) is 16.5. The summed E-state index contributed by atoms with van der Waals surface area (Å²) in [4.78, 5) is 25.3. The Morgan fingerprint density at radius 1 is 1.41 bits per heavy atom. The van der Waals surface area contributed by atoms with Gasteiger partial charge in [0.05, 0.1) is 11.5 Å². The topological polar surface area (TPSA) is 91.0 Å². The van der Waals surface area contributed by atoms with E-state index in [0.717, 1.165) is 0 Å². The molecule has 1 aromatic rings. The van der Waals surface area contributed by atoms with Crippen molar-refractivity contribution in [3.63, 3.8) is 0 Å². The molecule has 7 nitrogen and oxygen atoms in total. The standard InChI is InChI=1S/C15H16N2O5/c1-4-12(10-14(16-3)15(18)21-5-2)22-13-8-6-11(7-9-13)17(19)20/h4,6-10H,3,5H2,1-2H3/b12-4+,14-10-. The second-order valence-electron chi connectivity index (χ2n) is 3.95. The SMILES string of the molecule is C=N/C(=C\C(=C/C)Oc1ccc([N+](=O)[O-])cc1)C(=O)OCC. The summed E-state index contributed by atoms with van der Waals surface area (Å²) >= 11 is 0. The van der Waals surface area contributed by atoms with E-state index in [1.165, 1.54) is 30.3 Å². The Bertz CT molecular complexity index is 617. The number of nitro groups is 1. The Labute approximate surface area is 127 Å². The van der Waals surface area contributed by atoms with Crippen molar-refractivity contribution in [3.05, 3.63) is 58.0 Å². The van der Waals surface area contributed by atoms with E-state index in [9.17, 15) is 14.9 Å². The minimum absolute atomic E-state index is 0.0110. The van der Waals surface area contributed by atoms with Gasteiger partial charge in [-0.3, -0.25) is 15.1 Å². The Kier molecular flexibility index (Phi) is 6.49. The first kappa shape index (κ1) is 17.1. The maximum atomic E-state index is 11.6. The van der Waals surface area contributed by atoms with Crippen LogP contribution in [-0.4, -0.2) is 24.2 Å². The summed E-state index contributed by atoms with van der Waals surface area (Å²) in [6, 6.07) is 5.57. The van der Waals surface area contributed by atoms with Crippen molar-refractivity contribution < 1.29 is 19.2 Å². The van der Waals surface area contributed by atoms with Crippen molar-refractivity contribution >= 4 is 18.4 Å². The van der Waals surface area contributed by atoms with Crippen LogP contribution in [0.15, 0.2) is 52.9 Å². The smallest absolute Gasteiger partial charge is 0.357 e. The fourth-order valence-corrected chi connectivity index (χ4v) is 1.45. The first-order valence-corrected chi connectivity index (χ1v) is 6.46. The summed E-state index contributed by atoms with van der Waals surface area (Å²) < 4.78 is 10.4. The summed E-state index contributed by atoms with van der Waals surface area (Å²) in [5, 5.41) is 10.6. The van der Waals surface area contributed by atoms with Gasteiger partial charge in [0.1, 0.15) is 11.5 Å². The van der Waals surface area contributed by atoms with E-state index in [4.69, 9.17) is 9.47 Å². The van der Waals surface area contributed by atoms with Gasteiger partial charge >= 0.3 is 5.97 Å². The van der Waals surface area contributed by atoms with Crippen LogP contribution in [0.4, 0.5) is 5.69 Å². The van der Waals surface area contributed by atoms with Gasteiger partial charge in [0.25, 0.3) is 5.69 Å². The van der Waals surface area contributed by atoms with Crippen molar-refractivity contribution in [3.8, 4) is 5.75 Å². The number of rotatable bonds is 7. The monoisotopic (exact) mass is 304 g/mol. The van der Waals surface area contributed by atoms with Crippen LogP contribution in [-0.2, 0) is 9.53 Å². The van der Waals surface area contributed by atoms with E-state index in [2.05, 4.69) is 11.7 Å². The van der Waals surface area contributed by atoms with Gasteiger partial charge in [-0.2, -0.15) is 0 Å². The number of hydrogen-bond donors (Lipinski definition) is 0. The first-order chi connectivity index (χ1) is 10.5. The van der Waals surface area contributed by atoms with Gasteiger partial charge in [0.2, 0.25) is 0 Å². The van der Waals surface area contributed by atoms with Crippen molar-refractivity contribution in [2.24, 2.45) is 4.99 Å². The third kappa shape index (κ3) is 4.86. The van der Waals surface area contributed by atoms with Crippen LogP contribution >= 0.6 is 0 Å². The molecular formula is C15H16N2O5. The van der Waals surface area contributed by atoms with Crippen molar-refractivity contribution in [2.45, 2.75) is 13.8 Å². The van der Waals surface area contributed by atoms with E-state index < -0.39 is 10.9 Å². The van der Waals surface area contributed by atoms with Crippen LogP contribution in [0.3, 0.4) is 0 Å². The van der Waals surface area contributed by atoms with Crippen LogP contribution in [0.25, 0.3) is 0 Å². The van der Waals surface area contributed by atoms with Crippen LogP contribution in [0.5, 0.6) is 5.75 Å². The second kappa shape index (κ2) is 8.35. The minimum Gasteiger partial charge on any atom is -0.461 e. The zero-order valence-corrected chi connectivity index (χ0v) is 12.3. The highest BCUT2D eigenvalue weighted by Gasteiger charge is 2.10. The first-order valence-electron chi connectivity index (χ1n) is 6.46. The van der Waals surface area contributed by atoms with Crippen molar-refractivity contribution in [1.82, 2.24) is 0 Å². The van der Waals surface area contributed by atoms with Gasteiger partial charge in [-0.15, -0.1) is 0 Å². The molecule has 0 bridgehead atoms. The lowest BCUT2D eigenvalue weighted by molar-refractivity contribution is -0.384. The predicted molar refractivity (Wildman–Crippen MR) is 81.7 cm³/mol. The number of carbonyl (C=O) groups excluding carboxylic acids is 1. The average Bonchev–Trinajstić information content (AvgIpc) is 2.51. The fraction of sp³-hybridized carbons (Fsp3) is 0.200. The molecule has 0 atom stereocenters. The molecule has 7 heteroatoms. The van der Waals surface area contributed by atoms with E-state index in [1.807, 2.05) is 0 Å². The normalized spacial score (nSPS) is 11.7. The third-order valence-corrected chi connectivity index (χ3v) is 2.50. The quantitative estimate of drug-likeness (QED) is 0.147. The molecule has 0 saturated heterocycles. The number of allylic oxidation sites excluding steroid dienone is 2. The molecule has 1 aromatic carbocycles. The molecule has 0 aliphatic carbocycles. The molecule has 116 valence electrons. The highest BCUT2D eigenvalue weighted by molar-refractivity contribution is 5.89. The van der Waals surface area contributed by atoms with Crippen molar-refractivity contribution in [2.75, 3.05) is 6.61 Å².